The van der Waals surface area contributed by atoms with Crippen LogP contribution in [-0.4, -0.2) is 32.1 Å². The summed E-state index contributed by atoms with van der Waals surface area (Å²) in [7, 11) is 0. The van der Waals surface area contributed by atoms with Gasteiger partial charge in [0, 0.05) is 23.9 Å². The van der Waals surface area contributed by atoms with Crippen LogP contribution in [0.4, 0.5) is 0 Å². The fraction of sp³-hybridized carbons (Fsp3) is 0.188. The molecule has 0 bridgehead atoms. The highest BCUT2D eigenvalue weighted by molar-refractivity contribution is 5.97. The molecule has 1 amide bonds. The number of amidine groups is 1. The molecular weight excluding hydrogens is 312 g/mol. The van der Waals surface area contributed by atoms with E-state index < -0.39 is 12.5 Å². The molecule has 8 heteroatoms. The SMILES string of the molecule is Cc1ncc(C(=O)NCc2cccc(C(N)=NO)c2)c(CO)c1O. The van der Waals surface area contributed by atoms with Gasteiger partial charge in [0.05, 0.1) is 17.9 Å². The number of hydrogen-bond donors (Lipinski definition) is 5. The van der Waals surface area contributed by atoms with Crippen LogP contribution in [0.5, 0.6) is 5.75 Å². The van der Waals surface area contributed by atoms with Gasteiger partial charge in [0.1, 0.15) is 5.75 Å². The fourth-order valence-corrected chi connectivity index (χ4v) is 2.18. The van der Waals surface area contributed by atoms with Gasteiger partial charge in [0.15, 0.2) is 5.84 Å². The van der Waals surface area contributed by atoms with Gasteiger partial charge in [-0.3, -0.25) is 9.78 Å². The molecule has 0 atom stereocenters. The summed E-state index contributed by atoms with van der Waals surface area (Å²) in [4.78, 5) is 16.2. The van der Waals surface area contributed by atoms with Crippen molar-refractivity contribution in [3.05, 3.63) is 58.4 Å². The third-order valence-corrected chi connectivity index (χ3v) is 3.53. The molecule has 0 radical (unpaired) electrons. The first-order chi connectivity index (χ1) is 11.5. The van der Waals surface area contributed by atoms with Crippen LogP contribution in [0.3, 0.4) is 0 Å². The normalized spacial score (nSPS) is 11.3. The quantitative estimate of drug-likeness (QED) is 0.235. The smallest absolute Gasteiger partial charge is 0.253 e. The molecule has 24 heavy (non-hydrogen) atoms. The average Bonchev–Trinajstić information content (AvgIpc) is 2.61. The zero-order valence-electron chi connectivity index (χ0n) is 13.0. The van der Waals surface area contributed by atoms with E-state index >= 15 is 0 Å². The topological polar surface area (TPSA) is 141 Å². The molecule has 1 aromatic heterocycles. The second-order valence-electron chi connectivity index (χ2n) is 5.11. The molecule has 0 aliphatic carbocycles. The third-order valence-electron chi connectivity index (χ3n) is 3.53. The van der Waals surface area contributed by atoms with Crippen molar-refractivity contribution in [2.45, 2.75) is 20.1 Å². The van der Waals surface area contributed by atoms with Gasteiger partial charge in [0.25, 0.3) is 5.91 Å². The van der Waals surface area contributed by atoms with Crippen molar-refractivity contribution >= 4 is 11.7 Å². The number of aryl methyl sites for hydroxylation is 1. The number of amides is 1. The number of nitrogens with one attached hydrogen (secondary N) is 1. The van der Waals surface area contributed by atoms with E-state index in [9.17, 15) is 15.0 Å². The molecule has 8 nitrogen and oxygen atoms in total. The number of nitrogens with zero attached hydrogens (tertiary/aromatic N) is 2. The highest BCUT2D eigenvalue weighted by Crippen LogP contribution is 2.23. The van der Waals surface area contributed by atoms with Crippen molar-refractivity contribution in [1.29, 1.82) is 0 Å². The van der Waals surface area contributed by atoms with Gasteiger partial charge in [-0.1, -0.05) is 23.4 Å². The monoisotopic (exact) mass is 330 g/mol. The molecule has 126 valence electrons. The fourth-order valence-electron chi connectivity index (χ4n) is 2.18. The maximum Gasteiger partial charge on any atom is 0.253 e. The zero-order chi connectivity index (χ0) is 17.7. The molecule has 2 aromatic rings. The maximum absolute atomic E-state index is 12.3. The van der Waals surface area contributed by atoms with E-state index in [-0.39, 0.29) is 29.3 Å². The Kier molecular flexibility index (Phi) is 5.33. The Balaban J connectivity index is 2.16. The summed E-state index contributed by atoms with van der Waals surface area (Å²) < 4.78 is 0. The van der Waals surface area contributed by atoms with E-state index in [1.54, 1.807) is 31.2 Å². The van der Waals surface area contributed by atoms with E-state index in [1.165, 1.54) is 6.20 Å². The number of benzene rings is 1. The van der Waals surface area contributed by atoms with Crippen LogP contribution in [-0.2, 0) is 13.2 Å². The van der Waals surface area contributed by atoms with E-state index in [0.717, 1.165) is 5.56 Å². The van der Waals surface area contributed by atoms with Crippen LogP contribution in [0, 0.1) is 6.92 Å². The van der Waals surface area contributed by atoms with Gasteiger partial charge in [-0.2, -0.15) is 0 Å². The largest absolute Gasteiger partial charge is 0.506 e. The Labute approximate surface area is 138 Å². The molecule has 0 aliphatic rings. The molecule has 0 aliphatic heterocycles. The second-order valence-corrected chi connectivity index (χ2v) is 5.11. The lowest BCUT2D eigenvalue weighted by atomic mass is 10.1. The number of nitrogens with two attached hydrogens (primary N) is 1. The van der Waals surface area contributed by atoms with E-state index in [4.69, 9.17) is 10.9 Å². The molecule has 0 saturated heterocycles. The van der Waals surface area contributed by atoms with Crippen LogP contribution in [0.25, 0.3) is 0 Å². The Morgan fingerprint density at radius 3 is 2.83 bits per heavy atom. The van der Waals surface area contributed by atoms with Crippen molar-refractivity contribution in [2.24, 2.45) is 10.9 Å². The number of aliphatic hydroxyl groups is 1. The number of aromatic hydroxyl groups is 1. The lowest BCUT2D eigenvalue weighted by Crippen LogP contribution is -2.24. The number of oxime groups is 1. The van der Waals surface area contributed by atoms with E-state index in [2.05, 4.69) is 15.5 Å². The Morgan fingerprint density at radius 2 is 2.17 bits per heavy atom. The van der Waals surface area contributed by atoms with Crippen LogP contribution in [0.15, 0.2) is 35.6 Å². The zero-order valence-corrected chi connectivity index (χ0v) is 13.0. The maximum atomic E-state index is 12.3. The highest BCUT2D eigenvalue weighted by atomic mass is 16.4. The highest BCUT2D eigenvalue weighted by Gasteiger charge is 2.16. The van der Waals surface area contributed by atoms with Gasteiger partial charge in [0.2, 0.25) is 0 Å². The minimum absolute atomic E-state index is 0.0293. The van der Waals surface area contributed by atoms with Crippen LogP contribution >= 0.6 is 0 Å². The van der Waals surface area contributed by atoms with Crippen molar-refractivity contribution in [3.63, 3.8) is 0 Å². The number of pyridine rings is 1. The Morgan fingerprint density at radius 1 is 1.42 bits per heavy atom. The molecule has 0 unspecified atom stereocenters. The van der Waals surface area contributed by atoms with Crippen molar-refractivity contribution in [2.75, 3.05) is 0 Å². The number of carbonyl (C=O) groups excluding carboxylic acids is 1. The molecule has 0 saturated carbocycles. The summed E-state index contributed by atoms with van der Waals surface area (Å²) in [5.41, 5.74) is 7.36. The van der Waals surface area contributed by atoms with E-state index in [0.29, 0.717) is 11.3 Å². The minimum Gasteiger partial charge on any atom is -0.506 e. The van der Waals surface area contributed by atoms with Gasteiger partial charge >= 0.3 is 0 Å². The Bertz CT molecular complexity index is 790. The van der Waals surface area contributed by atoms with Gasteiger partial charge in [-0.15, -0.1) is 0 Å². The predicted octanol–water partition coefficient (Wildman–Crippen LogP) is 0.612. The molecule has 6 N–H and O–H groups in total. The van der Waals surface area contributed by atoms with Crippen molar-refractivity contribution in [3.8, 4) is 5.75 Å². The van der Waals surface area contributed by atoms with Crippen molar-refractivity contribution < 1.29 is 20.2 Å². The predicted molar refractivity (Wildman–Crippen MR) is 86.7 cm³/mol. The first kappa shape index (κ1) is 17.2. The molecule has 2 rings (SSSR count). The molecule has 1 aromatic carbocycles. The molecule has 0 spiro atoms. The van der Waals surface area contributed by atoms with Gasteiger partial charge in [-0.25, -0.2) is 0 Å². The molecule has 0 fully saturated rings. The summed E-state index contributed by atoms with van der Waals surface area (Å²) in [6.07, 6.45) is 1.31. The standard InChI is InChI=1S/C16H18N4O4/c1-9-14(22)13(8-21)12(7-18-9)16(23)19-6-10-3-2-4-11(5-10)15(17)20-24/h2-5,7,21-22,24H,6,8H2,1H3,(H2,17,20)(H,19,23). The van der Waals surface area contributed by atoms with Crippen molar-refractivity contribution in [1.82, 2.24) is 10.3 Å². The van der Waals surface area contributed by atoms with Crippen LogP contribution in [0.2, 0.25) is 0 Å². The second kappa shape index (κ2) is 7.42. The van der Waals surface area contributed by atoms with Gasteiger partial charge < -0.3 is 26.5 Å². The molecular formula is C16H18N4O4. The lowest BCUT2D eigenvalue weighted by molar-refractivity contribution is 0.0946. The number of carbonyl (C=O) groups is 1. The average molecular weight is 330 g/mol. The summed E-state index contributed by atoms with van der Waals surface area (Å²) in [5.74, 6) is -0.700. The van der Waals surface area contributed by atoms with E-state index in [1.807, 2.05) is 0 Å². The first-order valence-electron chi connectivity index (χ1n) is 7.11. The number of aliphatic hydroxyl groups excluding tert-OH is 1. The first-order valence-corrected chi connectivity index (χ1v) is 7.11. The number of rotatable bonds is 5. The minimum atomic E-state index is -0.476. The third kappa shape index (κ3) is 3.61. The van der Waals surface area contributed by atoms with Crippen LogP contribution in [0.1, 0.15) is 32.7 Å². The summed E-state index contributed by atoms with van der Waals surface area (Å²) >= 11 is 0. The number of aromatic nitrogens is 1. The lowest BCUT2D eigenvalue weighted by Gasteiger charge is -2.11. The summed E-state index contributed by atoms with van der Waals surface area (Å²) in [6, 6.07) is 6.83. The molecule has 1 heterocycles. The Hall–Kier alpha value is -3.13. The van der Waals surface area contributed by atoms with Gasteiger partial charge in [-0.05, 0) is 18.6 Å². The summed E-state index contributed by atoms with van der Waals surface area (Å²) in [6.45, 7) is 1.29. The summed E-state index contributed by atoms with van der Waals surface area (Å²) in [5, 5.41) is 33.5. The number of hydrogen-bond acceptors (Lipinski definition) is 6. The van der Waals surface area contributed by atoms with Crippen LogP contribution < -0.4 is 11.1 Å².